The second-order valence-corrected chi connectivity index (χ2v) is 6.54. The molecular weight excluding hydrogens is 260 g/mol. The van der Waals surface area contributed by atoms with Crippen LogP contribution in [0.25, 0.3) is 0 Å². The summed E-state index contributed by atoms with van der Waals surface area (Å²) in [6.45, 7) is 6.55. The topological polar surface area (TPSA) is 24.5 Å². The Balaban J connectivity index is 1.38. The maximum Gasteiger partial charge on any atom is 0.119 e. The van der Waals surface area contributed by atoms with E-state index >= 15 is 0 Å². The molecule has 0 bridgehead atoms. The lowest BCUT2D eigenvalue weighted by molar-refractivity contribution is 0.212. The van der Waals surface area contributed by atoms with Crippen molar-refractivity contribution in [2.24, 2.45) is 0 Å². The van der Waals surface area contributed by atoms with Gasteiger partial charge >= 0.3 is 0 Å². The average molecular weight is 288 g/mol. The number of hydrogen-bond donors (Lipinski definition) is 1. The molecule has 1 aromatic carbocycles. The van der Waals surface area contributed by atoms with Crippen molar-refractivity contribution in [2.45, 2.75) is 51.1 Å². The molecule has 3 heteroatoms. The van der Waals surface area contributed by atoms with E-state index in [1.54, 1.807) is 0 Å². The molecule has 3 rings (SSSR count). The Labute approximate surface area is 128 Å². The van der Waals surface area contributed by atoms with E-state index < -0.39 is 0 Å². The van der Waals surface area contributed by atoms with Crippen LogP contribution in [0.15, 0.2) is 24.3 Å². The molecule has 0 aromatic heterocycles. The highest BCUT2D eigenvalue weighted by atomic mass is 16.5. The highest BCUT2D eigenvalue weighted by Gasteiger charge is 2.30. The van der Waals surface area contributed by atoms with Gasteiger partial charge in [0.15, 0.2) is 0 Å². The number of ether oxygens (including phenoxy) is 1. The van der Waals surface area contributed by atoms with Crippen LogP contribution >= 0.6 is 0 Å². The van der Waals surface area contributed by atoms with Crippen LogP contribution in [0.2, 0.25) is 0 Å². The Hall–Kier alpha value is -1.06. The van der Waals surface area contributed by atoms with E-state index in [0.29, 0.717) is 0 Å². The summed E-state index contributed by atoms with van der Waals surface area (Å²) in [4.78, 5) is 2.68. The Bertz CT molecular complexity index is 439. The SMILES string of the molecule is Cc1cccc(OCCCN(CC2CCCN2)C2CC2)c1. The summed E-state index contributed by atoms with van der Waals surface area (Å²) in [7, 11) is 0. The minimum Gasteiger partial charge on any atom is -0.494 e. The first-order valence-electron chi connectivity index (χ1n) is 8.48. The van der Waals surface area contributed by atoms with E-state index in [1.165, 1.54) is 50.9 Å². The van der Waals surface area contributed by atoms with E-state index in [2.05, 4.69) is 35.3 Å². The van der Waals surface area contributed by atoms with Crippen molar-refractivity contribution >= 4 is 0 Å². The largest absolute Gasteiger partial charge is 0.494 e. The Kier molecular flexibility index (Phi) is 5.15. The number of hydrogen-bond acceptors (Lipinski definition) is 3. The van der Waals surface area contributed by atoms with Crippen molar-refractivity contribution in [3.05, 3.63) is 29.8 Å². The summed E-state index contributed by atoms with van der Waals surface area (Å²) < 4.78 is 5.87. The molecule has 1 aromatic rings. The van der Waals surface area contributed by atoms with E-state index in [0.717, 1.165) is 30.9 Å². The fourth-order valence-corrected chi connectivity index (χ4v) is 3.22. The van der Waals surface area contributed by atoms with Crippen molar-refractivity contribution in [2.75, 3.05) is 26.2 Å². The molecule has 1 unspecified atom stereocenters. The van der Waals surface area contributed by atoms with Gasteiger partial charge in [0, 0.05) is 25.2 Å². The Morgan fingerprint density at radius 3 is 2.90 bits per heavy atom. The average Bonchev–Trinajstić information content (AvgIpc) is 3.20. The van der Waals surface area contributed by atoms with E-state index in [9.17, 15) is 0 Å². The van der Waals surface area contributed by atoms with Crippen LogP contribution in [0.3, 0.4) is 0 Å². The molecule has 1 atom stereocenters. The maximum absolute atomic E-state index is 5.87. The van der Waals surface area contributed by atoms with Crippen LogP contribution in [-0.4, -0.2) is 43.2 Å². The zero-order valence-corrected chi connectivity index (χ0v) is 13.2. The predicted molar refractivity (Wildman–Crippen MR) is 86.9 cm³/mol. The molecule has 1 N–H and O–H groups in total. The van der Waals surface area contributed by atoms with Crippen molar-refractivity contribution < 1.29 is 4.74 Å². The van der Waals surface area contributed by atoms with Gasteiger partial charge in [0.25, 0.3) is 0 Å². The third-order valence-corrected chi connectivity index (χ3v) is 4.53. The smallest absolute Gasteiger partial charge is 0.119 e. The van der Waals surface area contributed by atoms with Crippen molar-refractivity contribution in [3.8, 4) is 5.75 Å². The lowest BCUT2D eigenvalue weighted by Gasteiger charge is -2.25. The fraction of sp³-hybridized carbons (Fsp3) is 0.667. The summed E-state index contributed by atoms with van der Waals surface area (Å²) in [5.74, 6) is 1.01. The number of nitrogens with zero attached hydrogens (tertiary/aromatic N) is 1. The van der Waals surface area contributed by atoms with Crippen molar-refractivity contribution in [1.82, 2.24) is 10.2 Å². The molecule has 116 valence electrons. The van der Waals surface area contributed by atoms with Gasteiger partial charge in [-0.2, -0.15) is 0 Å². The van der Waals surface area contributed by atoms with E-state index in [1.807, 2.05) is 6.07 Å². The summed E-state index contributed by atoms with van der Waals surface area (Å²) >= 11 is 0. The molecular formula is C18H28N2O. The third-order valence-electron chi connectivity index (χ3n) is 4.53. The van der Waals surface area contributed by atoms with Gasteiger partial charge in [-0.15, -0.1) is 0 Å². The summed E-state index contributed by atoms with van der Waals surface area (Å²) in [5, 5.41) is 3.62. The van der Waals surface area contributed by atoms with E-state index in [-0.39, 0.29) is 0 Å². The number of benzene rings is 1. The maximum atomic E-state index is 5.87. The predicted octanol–water partition coefficient (Wildman–Crippen LogP) is 2.98. The van der Waals surface area contributed by atoms with Gasteiger partial charge in [-0.25, -0.2) is 0 Å². The molecule has 1 aliphatic heterocycles. The van der Waals surface area contributed by atoms with Crippen LogP contribution in [0, 0.1) is 6.92 Å². The first kappa shape index (κ1) is 14.9. The number of aryl methyl sites for hydroxylation is 1. The highest BCUT2D eigenvalue weighted by Crippen LogP contribution is 2.27. The van der Waals surface area contributed by atoms with Crippen molar-refractivity contribution in [1.29, 1.82) is 0 Å². The molecule has 0 spiro atoms. The van der Waals surface area contributed by atoms with Crippen LogP contribution in [0.1, 0.15) is 37.7 Å². The van der Waals surface area contributed by atoms with Crippen LogP contribution in [-0.2, 0) is 0 Å². The molecule has 1 heterocycles. The van der Waals surface area contributed by atoms with Crippen LogP contribution in [0.4, 0.5) is 0 Å². The normalized spacial score (nSPS) is 21.9. The first-order chi connectivity index (χ1) is 10.3. The monoisotopic (exact) mass is 288 g/mol. The van der Waals surface area contributed by atoms with Crippen LogP contribution in [0.5, 0.6) is 5.75 Å². The van der Waals surface area contributed by atoms with Crippen LogP contribution < -0.4 is 10.1 Å². The van der Waals surface area contributed by atoms with Gasteiger partial charge in [-0.3, -0.25) is 4.90 Å². The first-order valence-corrected chi connectivity index (χ1v) is 8.48. The third kappa shape index (κ3) is 4.72. The minimum absolute atomic E-state index is 0.725. The summed E-state index contributed by atoms with van der Waals surface area (Å²) in [5.41, 5.74) is 1.26. The Morgan fingerprint density at radius 1 is 1.29 bits per heavy atom. The fourth-order valence-electron chi connectivity index (χ4n) is 3.22. The van der Waals surface area contributed by atoms with Gasteiger partial charge in [0.05, 0.1) is 6.61 Å². The van der Waals surface area contributed by atoms with Gasteiger partial charge in [-0.1, -0.05) is 12.1 Å². The number of rotatable bonds is 8. The van der Waals surface area contributed by atoms with Gasteiger partial charge in [0.2, 0.25) is 0 Å². The van der Waals surface area contributed by atoms with Gasteiger partial charge in [-0.05, 0) is 63.3 Å². The molecule has 2 fully saturated rings. The molecule has 2 aliphatic rings. The second-order valence-electron chi connectivity index (χ2n) is 6.54. The summed E-state index contributed by atoms with van der Waals surface area (Å²) in [6.07, 6.45) is 6.61. The zero-order valence-electron chi connectivity index (χ0n) is 13.2. The zero-order chi connectivity index (χ0) is 14.5. The highest BCUT2D eigenvalue weighted by molar-refractivity contribution is 5.27. The molecule has 0 amide bonds. The lowest BCUT2D eigenvalue weighted by Crippen LogP contribution is -2.39. The number of nitrogens with one attached hydrogen (secondary N) is 1. The quantitative estimate of drug-likeness (QED) is 0.744. The molecule has 0 radical (unpaired) electrons. The van der Waals surface area contributed by atoms with Gasteiger partial charge < -0.3 is 10.1 Å². The van der Waals surface area contributed by atoms with E-state index in [4.69, 9.17) is 4.74 Å². The second kappa shape index (κ2) is 7.28. The standard InChI is InChI=1S/C18H28N2O/c1-15-5-2-7-18(13-15)21-12-4-11-20(17-8-9-17)14-16-6-3-10-19-16/h2,5,7,13,16-17,19H,3-4,6,8-12,14H2,1H3. The molecule has 1 aliphatic carbocycles. The van der Waals surface area contributed by atoms with Crippen molar-refractivity contribution in [3.63, 3.8) is 0 Å². The molecule has 21 heavy (non-hydrogen) atoms. The van der Waals surface area contributed by atoms with Gasteiger partial charge in [0.1, 0.15) is 5.75 Å². The Morgan fingerprint density at radius 2 is 2.19 bits per heavy atom. The molecule has 3 nitrogen and oxygen atoms in total. The minimum atomic E-state index is 0.725. The molecule has 1 saturated carbocycles. The summed E-state index contributed by atoms with van der Waals surface area (Å²) in [6, 6.07) is 9.91. The lowest BCUT2D eigenvalue weighted by atomic mass is 10.2. The molecule has 1 saturated heterocycles.